The van der Waals surface area contributed by atoms with Crippen molar-refractivity contribution in [3.63, 3.8) is 0 Å². The minimum absolute atomic E-state index is 0.208. The van der Waals surface area contributed by atoms with Crippen molar-refractivity contribution in [1.29, 1.82) is 0 Å². The molecule has 0 atom stereocenters. The van der Waals surface area contributed by atoms with Crippen LogP contribution in [-0.4, -0.2) is 19.6 Å². The molecular formula is C18H13IN4O2. The zero-order valence-electron chi connectivity index (χ0n) is 13.0. The van der Waals surface area contributed by atoms with Crippen LogP contribution in [0, 0.1) is 3.57 Å². The molecule has 0 fully saturated rings. The lowest BCUT2D eigenvalue weighted by atomic mass is 10.2. The fraction of sp³-hybridized carbons (Fsp3) is 0.0556. The fourth-order valence-corrected chi connectivity index (χ4v) is 2.77. The normalized spacial score (nSPS) is 10.9. The molecule has 0 saturated heterocycles. The maximum atomic E-state index is 12.3. The lowest BCUT2D eigenvalue weighted by Gasteiger charge is -2.05. The number of aromatic nitrogens is 4. The minimum Gasteiger partial charge on any atom is -0.487 e. The van der Waals surface area contributed by atoms with Crippen molar-refractivity contribution in [1.82, 2.24) is 19.6 Å². The molecule has 0 aliphatic heterocycles. The highest BCUT2D eigenvalue weighted by molar-refractivity contribution is 14.1. The molecule has 0 unspecified atom stereocenters. The molecule has 1 N–H and O–H groups in total. The van der Waals surface area contributed by atoms with E-state index in [1.807, 2.05) is 54.6 Å². The van der Waals surface area contributed by atoms with Gasteiger partial charge in [0.2, 0.25) is 0 Å². The average molecular weight is 444 g/mol. The summed E-state index contributed by atoms with van der Waals surface area (Å²) in [6, 6.07) is 18.7. The Morgan fingerprint density at radius 1 is 1.04 bits per heavy atom. The van der Waals surface area contributed by atoms with Crippen LogP contribution in [0.5, 0.6) is 5.75 Å². The molecule has 0 radical (unpaired) electrons. The molecular weight excluding hydrogens is 431 g/mol. The van der Waals surface area contributed by atoms with Gasteiger partial charge in [0, 0.05) is 15.2 Å². The van der Waals surface area contributed by atoms with E-state index >= 15 is 0 Å². The van der Waals surface area contributed by atoms with E-state index in [4.69, 9.17) is 4.74 Å². The van der Waals surface area contributed by atoms with Gasteiger partial charge in [-0.1, -0.05) is 30.3 Å². The van der Waals surface area contributed by atoms with E-state index in [1.54, 1.807) is 0 Å². The smallest absolute Gasteiger partial charge is 0.274 e. The van der Waals surface area contributed by atoms with E-state index in [0.29, 0.717) is 17.3 Å². The number of halogens is 1. The van der Waals surface area contributed by atoms with Gasteiger partial charge in [-0.15, -0.1) is 0 Å². The average Bonchev–Trinajstić information content (AvgIpc) is 3.07. The van der Waals surface area contributed by atoms with Gasteiger partial charge in [-0.25, -0.2) is 4.98 Å². The van der Waals surface area contributed by atoms with Crippen LogP contribution >= 0.6 is 22.6 Å². The van der Waals surface area contributed by atoms with E-state index in [9.17, 15) is 4.79 Å². The number of fused-ring (bicyclic) bond motifs is 1. The van der Waals surface area contributed by atoms with Gasteiger partial charge >= 0.3 is 0 Å². The highest BCUT2D eigenvalue weighted by Gasteiger charge is 2.09. The van der Waals surface area contributed by atoms with Crippen molar-refractivity contribution < 1.29 is 4.74 Å². The predicted molar refractivity (Wildman–Crippen MR) is 103 cm³/mol. The number of H-pyrrole nitrogens is 1. The molecule has 0 bridgehead atoms. The second-order valence-electron chi connectivity index (χ2n) is 5.40. The molecule has 0 aliphatic carbocycles. The Balaban J connectivity index is 1.62. The van der Waals surface area contributed by atoms with Gasteiger partial charge in [0.1, 0.15) is 12.4 Å². The van der Waals surface area contributed by atoms with Crippen molar-refractivity contribution in [2.75, 3.05) is 0 Å². The van der Waals surface area contributed by atoms with E-state index in [2.05, 4.69) is 37.7 Å². The zero-order chi connectivity index (χ0) is 17.2. The third-order valence-electron chi connectivity index (χ3n) is 3.63. The topological polar surface area (TPSA) is 72.3 Å². The van der Waals surface area contributed by atoms with Crippen molar-refractivity contribution in [3.8, 4) is 17.1 Å². The van der Waals surface area contributed by atoms with E-state index in [-0.39, 0.29) is 12.2 Å². The van der Waals surface area contributed by atoms with Crippen molar-refractivity contribution in [2.45, 2.75) is 6.61 Å². The molecule has 0 aliphatic rings. The lowest BCUT2D eigenvalue weighted by molar-refractivity contribution is 0.301. The molecule has 7 heteroatoms. The Morgan fingerprint density at radius 3 is 2.56 bits per heavy atom. The van der Waals surface area contributed by atoms with Crippen molar-refractivity contribution in [3.05, 3.63) is 80.3 Å². The molecule has 124 valence electrons. The van der Waals surface area contributed by atoms with Crippen LogP contribution in [0.15, 0.2) is 65.5 Å². The number of hydrogen-bond acceptors (Lipinski definition) is 4. The maximum absolute atomic E-state index is 12.3. The lowest BCUT2D eigenvalue weighted by Crippen LogP contribution is -2.16. The Morgan fingerprint density at radius 2 is 1.80 bits per heavy atom. The number of hydrogen-bond donors (Lipinski definition) is 1. The highest BCUT2D eigenvalue weighted by atomic mass is 127. The van der Waals surface area contributed by atoms with Crippen LogP contribution in [-0.2, 0) is 6.61 Å². The first-order valence-electron chi connectivity index (χ1n) is 7.61. The van der Waals surface area contributed by atoms with Gasteiger partial charge in [0.15, 0.2) is 5.82 Å². The number of benzene rings is 2. The van der Waals surface area contributed by atoms with Gasteiger partial charge in [-0.2, -0.15) is 9.50 Å². The van der Waals surface area contributed by atoms with Crippen LogP contribution in [0.4, 0.5) is 0 Å². The molecule has 0 spiro atoms. The summed E-state index contributed by atoms with van der Waals surface area (Å²) in [5.41, 5.74) is 1.21. The molecule has 0 saturated carbocycles. The predicted octanol–water partition coefficient (Wildman–Crippen LogP) is 3.27. The number of aromatic amines is 1. The van der Waals surface area contributed by atoms with Crippen LogP contribution in [0.2, 0.25) is 0 Å². The van der Waals surface area contributed by atoms with Crippen LogP contribution in [0.1, 0.15) is 5.69 Å². The van der Waals surface area contributed by atoms with Gasteiger partial charge in [-0.05, 0) is 46.9 Å². The molecule has 6 nitrogen and oxygen atoms in total. The number of nitrogens with zero attached hydrogens (tertiary/aromatic N) is 3. The molecule has 2 aromatic heterocycles. The molecule has 4 rings (SSSR count). The van der Waals surface area contributed by atoms with E-state index in [0.717, 1.165) is 14.9 Å². The highest BCUT2D eigenvalue weighted by Crippen LogP contribution is 2.16. The van der Waals surface area contributed by atoms with Crippen molar-refractivity contribution in [2.24, 2.45) is 0 Å². The monoisotopic (exact) mass is 444 g/mol. The summed E-state index contributed by atoms with van der Waals surface area (Å²) in [4.78, 5) is 21.1. The molecule has 2 aromatic carbocycles. The van der Waals surface area contributed by atoms with E-state index < -0.39 is 0 Å². The third kappa shape index (κ3) is 3.41. The third-order valence-corrected chi connectivity index (χ3v) is 4.35. The quantitative estimate of drug-likeness (QED) is 0.491. The van der Waals surface area contributed by atoms with Crippen LogP contribution < -0.4 is 10.3 Å². The molecule has 2 heterocycles. The second-order valence-corrected chi connectivity index (χ2v) is 6.65. The Bertz CT molecular complexity index is 1070. The largest absolute Gasteiger partial charge is 0.487 e. The summed E-state index contributed by atoms with van der Waals surface area (Å²) in [5.74, 6) is 1.66. The summed E-state index contributed by atoms with van der Waals surface area (Å²) in [5, 5.41) is 2.98. The fourth-order valence-electron chi connectivity index (χ4n) is 2.41. The molecule has 0 amide bonds. The standard InChI is InChI=1S/C18H13IN4O2/c19-13-6-8-15(9-7-13)25-11-14-10-16(24)23-18(20-14)21-17(22-23)12-4-2-1-3-5-12/h1-10H,11H2,(H,20,21,22). The minimum atomic E-state index is -0.221. The Hall–Kier alpha value is -2.68. The summed E-state index contributed by atoms with van der Waals surface area (Å²) in [6.45, 7) is 0.208. The number of nitrogens with one attached hydrogen (secondary N) is 1. The summed E-state index contributed by atoms with van der Waals surface area (Å²) in [7, 11) is 0. The van der Waals surface area contributed by atoms with Gasteiger partial charge in [0.05, 0.1) is 5.69 Å². The second kappa shape index (κ2) is 6.67. The van der Waals surface area contributed by atoms with Gasteiger partial charge < -0.3 is 4.74 Å². The first kappa shape index (κ1) is 15.8. The molecule has 25 heavy (non-hydrogen) atoms. The van der Waals surface area contributed by atoms with Crippen molar-refractivity contribution >= 4 is 28.4 Å². The first-order chi connectivity index (χ1) is 12.2. The van der Waals surface area contributed by atoms with Gasteiger partial charge in [-0.3, -0.25) is 9.89 Å². The first-order valence-corrected chi connectivity index (χ1v) is 8.69. The van der Waals surface area contributed by atoms with Crippen LogP contribution in [0.3, 0.4) is 0 Å². The van der Waals surface area contributed by atoms with Gasteiger partial charge in [0.25, 0.3) is 11.3 Å². The number of rotatable bonds is 4. The van der Waals surface area contributed by atoms with Crippen LogP contribution in [0.25, 0.3) is 17.2 Å². The maximum Gasteiger partial charge on any atom is 0.274 e. The summed E-state index contributed by atoms with van der Waals surface area (Å²) < 4.78 is 8.15. The summed E-state index contributed by atoms with van der Waals surface area (Å²) in [6.07, 6.45) is 0. The Labute approximate surface area is 156 Å². The summed E-state index contributed by atoms with van der Waals surface area (Å²) >= 11 is 2.23. The molecule has 4 aromatic rings. The van der Waals surface area contributed by atoms with E-state index in [1.165, 1.54) is 10.6 Å². The SMILES string of the molecule is O=c1cc(COc2ccc(I)cc2)nc2nc(-c3ccccc3)[nH]n12. The number of ether oxygens (including phenoxy) is 1. The zero-order valence-corrected chi connectivity index (χ0v) is 15.2. The Kier molecular flexibility index (Phi) is 4.22.